The molecule has 0 atom stereocenters. The van der Waals surface area contributed by atoms with Crippen LogP contribution in [0.25, 0.3) is 11.3 Å². The maximum Gasteiger partial charge on any atom is 0.262 e. The number of carbonyl (C=O) groups is 1. The Bertz CT molecular complexity index is 1050. The SMILES string of the molecule is O=C1COc2ccc(-c3csc(=Nc4cccnc4)n3C3CC3)cc2N1. The molecular formula is C19H16N4O2S. The number of anilines is 1. The quantitative estimate of drug-likeness (QED) is 0.773. The summed E-state index contributed by atoms with van der Waals surface area (Å²) in [5.41, 5.74) is 3.73. The number of nitrogens with one attached hydrogen (secondary N) is 1. The minimum atomic E-state index is -0.123. The number of nitrogens with zero attached hydrogens (tertiary/aromatic N) is 3. The number of amides is 1. The number of thiazole rings is 1. The van der Waals surface area contributed by atoms with Gasteiger partial charge in [0, 0.05) is 23.2 Å². The number of benzene rings is 1. The number of hydrogen-bond donors (Lipinski definition) is 1. The highest BCUT2D eigenvalue weighted by atomic mass is 32.1. The summed E-state index contributed by atoms with van der Waals surface area (Å²) in [6.07, 6.45) is 5.84. The second kappa shape index (κ2) is 6.10. The maximum absolute atomic E-state index is 11.6. The minimum absolute atomic E-state index is 0.0704. The lowest BCUT2D eigenvalue weighted by Gasteiger charge is -2.18. The van der Waals surface area contributed by atoms with Crippen molar-refractivity contribution in [2.75, 3.05) is 11.9 Å². The van der Waals surface area contributed by atoms with Gasteiger partial charge in [-0.3, -0.25) is 9.78 Å². The van der Waals surface area contributed by atoms with Gasteiger partial charge in [0.2, 0.25) is 0 Å². The number of fused-ring (bicyclic) bond motifs is 1. The van der Waals surface area contributed by atoms with Gasteiger partial charge in [-0.2, -0.15) is 0 Å². The first-order chi connectivity index (χ1) is 12.8. The van der Waals surface area contributed by atoms with Crippen LogP contribution < -0.4 is 14.9 Å². The molecule has 0 saturated heterocycles. The van der Waals surface area contributed by atoms with Crippen LogP contribution in [0.1, 0.15) is 18.9 Å². The number of pyridine rings is 1. The molecule has 26 heavy (non-hydrogen) atoms. The lowest BCUT2D eigenvalue weighted by atomic mass is 10.1. The van der Waals surface area contributed by atoms with Crippen molar-refractivity contribution in [3.63, 3.8) is 0 Å². The first-order valence-electron chi connectivity index (χ1n) is 8.50. The molecule has 5 rings (SSSR count). The number of ether oxygens (including phenoxy) is 1. The van der Waals surface area contributed by atoms with E-state index in [9.17, 15) is 4.79 Å². The molecule has 3 heterocycles. The molecule has 1 amide bonds. The first-order valence-corrected chi connectivity index (χ1v) is 9.38. The molecule has 1 N–H and O–H groups in total. The highest BCUT2D eigenvalue weighted by Crippen LogP contribution is 2.39. The molecule has 2 aliphatic rings. The zero-order valence-electron chi connectivity index (χ0n) is 13.9. The van der Waals surface area contributed by atoms with Gasteiger partial charge in [0.05, 0.1) is 23.3 Å². The molecule has 1 aromatic carbocycles. The third kappa shape index (κ3) is 2.80. The monoisotopic (exact) mass is 364 g/mol. The van der Waals surface area contributed by atoms with Gasteiger partial charge in [-0.1, -0.05) is 0 Å². The van der Waals surface area contributed by atoms with E-state index in [2.05, 4.69) is 20.2 Å². The van der Waals surface area contributed by atoms with E-state index in [0.29, 0.717) is 11.8 Å². The van der Waals surface area contributed by atoms with Gasteiger partial charge in [-0.15, -0.1) is 11.3 Å². The Morgan fingerprint density at radius 3 is 3.04 bits per heavy atom. The smallest absolute Gasteiger partial charge is 0.262 e. The van der Waals surface area contributed by atoms with Crippen molar-refractivity contribution < 1.29 is 9.53 Å². The molecule has 130 valence electrons. The summed E-state index contributed by atoms with van der Waals surface area (Å²) in [6, 6.07) is 10.2. The summed E-state index contributed by atoms with van der Waals surface area (Å²) in [5.74, 6) is 0.587. The molecule has 0 radical (unpaired) electrons. The van der Waals surface area contributed by atoms with Crippen LogP contribution in [-0.4, -0.2) is 22.1 Å². The summed E-state index contributed by atoms with van der Waals surface area (Å²) < 4.78 is 7.76. The van der Waals surface area contributed by atoms with Crippen LogP contribution in [0.3, 0.4) is 0 Å². The van der Waals surface area contributed by atoms with Gasteiger partial charge < -0.3 is 14.6 Å². The van der Waals surface area contributed by atoms with Crippen molar-refractivity contribution in [3.05, 3.63) is 52.9 Å². The van der Waals surface area contributed by atoms with Crippen LogP contribution in [-0.2, 0) is 4.79 Å². The van der Waals surface area contributed by atoms with Crippen molar-refractivity contribution in [1.82, 2.24) is 9.55 Å². The lowest BCUT2D eigenvalue weighted by molar-refractivity contribution is -0.118. The molecular weight excluding hydrogens is 348 g/mol. The number of aromatic nitrogens is 2. The number of hydrogen-bond acceptors (Lipinski definition) is 5. The van der Waals surface area contributed by atoms with Gasteiger partial charge in [0.1, 0.15) is 5.75 Å². The fraction of sp³-hybridized carbons (Fsp3) is 0.211. The molecule has 1 fully saturated rings. The normalized spacial score (nSPS) is 16.8. The number of carbonyl (C=O) groups excluding carboxylic acids is 1. The average Bonchev–Trinajstić information content (AvgIpc) is 3.42. The Labute approximate surface area is 153 Å². The molecule has 2 aromatic heterocycles. The van der Waals surface area contributed by atoms with E-state index in [1.54, 1.807) is 23.7 Å². The molecule has 1 aliphatic carbocycles. The van der Waals surface area contributed by atoms with Gasteiger partial charge in [-0.05, 0) is 43.2 Å². The minimum Gasteiger partial charge on any atom is -0.482 e. The number of rotatable bonds is 3. The summed E-state index contributed by atoms with van der Waals surface area (Å²) in [4.78, 5) is 21.5. The van der Waals surface area contributed by atoms with Gasteiger partial charge in [-0.25, -0.2) is 4.99 Å². The molecule has 3 aromatic rings. The molecule has 0 spiro atoms. The summed E-state index contributed by atoms with van der Waals surface area (Å²) in [7, 11) is 0. The van der Waals surface area contributed by atoms with E-state index in [4.69, 9.17) is 9.73 Å². The van der Waals surface area contributed by atoms with E-state index in [-0.39, 0.29) is 12.5 Å². The summed E-state index contributed by atoms with van der Waals surface area (Å²) >= 11 is 1.62. The molecule has 1 aliphatic heterocycles. The van der Waals surface area contributed by atoms with E-state index in [1.165, 1.54) is 0 Å². The Balaban J connectivity index is 1.61. The van der Waals surface area contributed by atoms with Crippen molar-refractivity contribution in [2.45, 2.75) is 18.9 Å². The van der Waals surface area contributed by atoms with E-state index in [0.717, 1.165) is 40.3 Å². The molecule has 0 bridgehead atoms. The molecule has 7 heteroatoms. The predicted molar refractivity (Wildman–Crippen MR) is 99.6 cm³/mol. The van der Waals surface area contributed by atoms with E-state index in [1.807, 2.05) is 30.3 Å². The van der Waals surface area contributed by atoms with Crippen LogP contribution in [0.4, 0.5) is 11.4 Å². The first kappa shape index (κ1) is 15.3. The third-order valence-corrected chi connectivity index (χ3v) is 5.27. The summed E-state index contributed by atoms with van der Waals surface area (Å²) in [6.45, 7) is 0.0704. The molecule has 6 nitrogen and oxygen atoms in total. The van der Waals surface area contributed by atoms with Crippen LogP contribution in [0.15, 0.2) is 53.1 Å². The summed E-state index contributed by atoms with van der Waals surface area (Å²) in [5, 5.41) is 5.01. The maximum atomic E-state index is 11.6. The van der Waals surface area contributed by atoms with Gasteiger partial charge in [0.15, 0.2) is 11.4 Å². The highest BCUT2D eigenvalue weighted by molar-refractivity contribution is 7.07. The second-order valence-corrected chi connectivity index (χ2v) is 7.21. The average molecular weight is 364 g/mol. The largest absolute Gasteiger partial charge is 0.482 e. The van der Waals surface area contributed by atoms with Crippen LogP contribution in [0, 0.1) is 0 Å². The Kier molecular flexibility index (Phi) is 3.60. The van der Waals surface area contributed by atoms with Crippen molar-refractivity contribution >= 4 is 28.6 Å². The standard InChI is InChI=1S/C19H16N4O2S/c24-18-10-25-17-6-3-12(8-15(17)22-18)16-11-26-19(23(16)14-4-5-14)21-13-2-1-7-20-9-13/h1-3,6-9,11,14H,4-5,10H2,(H,22,24). The fourth-order valence-corrected chi connectivity index (χ4v) is 4.06. The van der Waals surface area contributed by atoms with Crippen LogP contribution >= 0.6 is 11.3 Å². The third-order valence-electron chi connectivity index (χ3n) is 4.43. The van der Waals surface area contributed by atoms with E-state index < -0.39 is 0 Å². The van der Waals surface area contributed by atoms with Crippen LogP contribution in [0.5, 0.6) is 5.75 Å². The van der Waals surface area contributed by atoms with Crippen molar-refractivity contribution in [3.8, 4) is 17.0 Å². The Morgan fingerprint density at radius 2 is 2.23 bits per heavy atom. The Hall–Kier alpha value is -2.93. The highest BCUT2D eigenvalue weighted by Gasteiger charge is 2.28. The zero-order chi connectivity index (χ0) is 17.5. The second-order valence-electron chi connectivity index (χ2n) is 6.38. The Morgan fingerprint density at radius 1 is 1.31 bits per heavy atom. The fourth-order valence-electron chi connectivity index (χ4n) is 3.07. The predicted octanol–water partition coefficient (Wildman–Crippen LogP) is 3.51. The van der Waals surface area contributed by atoms with Crippen molar-refractivity contribution in [2.24, 2.45) is 4.99 Å². The van der Waals surface area contributed by atoms with Gasteiger partial charge in [0.25, 0.3) is 5.91 Å². The topological polar surface area (TPSA) is 68.5 Å². The zero-order valence-corrected chi connectivity index (χ0v) is 14.7. The van der Waals surface area contributed by atoms with Crippen LogP contribution in [0.2, 0.25) is 0 Å². The van der Waals surface area contributed by atoms with Gasteiger partial charge >= 0.3 is 0 Å². The van der Waals surface area contributed by atoms with Crippen molar-refractivity contribution in [1.29, 1.82) is 0 Å². The molecule has 1 saturated carbocycles. The van der Waals surface area contributed by atoms with E-state index >= 15 is 0 Å². The molecule has 0 unspecified atom stereocenters. The lowest BCUT2D eigenvalue weighted by Crippen LogP contribution is -2.25.